The number of ether oxygens (including phenoxy) is 1. The van der Waals surface area contributed by atoms with Gasteiger partial charge in [0.15, 0.2) is 0 Å². The van der Waals surface area contributed by atoms with Gasteiger partial charge in [0.25, 0.3) is 5.91 Å². The molecule has 4 aliphatic rings. The van der Waals surface area contributed by atoms with Crippen molar-refractivity contribution in [2.24, 2.45) is 11.8 Å². The number of hydrogen-bond acceptors (Lipinski definition) is 5. The Hall–Kier alpha value is -1.99. The quantitative estimate of drug-likeness (QED) is 0.264. The zero-order chi connectivity index (χ0) is 25.8. The Kier molecular flexibility index (Phi) is 6.71. The molecule has 198 valence electrons. The number of carbonyl (C=O) groups is 1. The van der Waals surface area contributed by atoms with Crippen LogP contribution in [0.25, 0.3) is 11.3 Å². The number of nitrogens with zero attached hydrogens (tertiary/aromatic N) is 1. The molecule has 4 fully saturated rings. The van der Waals surface area contributed by atoms with E-state index in [9.17, 15) is 4.79 Å². The summed E-state index contributed by atoms with van der Waals surface area (Å²) in [5.41, 5.74) is 4.51. The summed E-state index contributed by atoms with van der Waals surface area (Å²) in [5, 5.41) is 6.15. The summed E-state index contributed by atoms with van der Waals surface area (Å²) >= 11 is 14.6. The minimum atomic E-state index is 0.00612. The standard InChI is InChI=1S/C30H30Cl2N2O3S/c31-24-2-1-3-25(32)27(24)28-23(29(37-33-28)17-6-7-17)15-36-26-14-19-12-20(26)13-22(19)16-4-8-18(9-5-16)30(35)34-38-21-10-11-21/h1-5,8-9,17,19-22,26H,6-7,10-15H2,(H,34,35)/t19?,20-,22?,26+/m0/s1. The molecule has 1 N–H and O–H groups in total. The first-order valence-corrected chi connectivity index (χ1v) is 15.3. The molecule has 0 aliphatic heterocycles. The second-order valence-electron chi connectivity index (χ2n) is 11.3. The highest BCUT2D eigenvalue weighted by atomic mass is 35.5. The first-order valence-electron chi connectivity index (χ1n) is 13.7. The fourth-order valence-electron chi connectivity index (χ4n) is 6.34. The highest BCUT2D eigenvalue weighted by Gasteiger charge is 2.47. The topological polar surface area (TPSA) is 64.4 Å². The predicted molar refractivity (Wildman–Crippen MR) is 151 cm³/mol. The van der Waals surface area contributed by atoms with Gasteiger partial charge in [0.05, 0.1) is 22.8 Å². The maximum Gasteiger partial charge on any atom is 0.261 e. The van der Waals surface area contributed by atoms with Gasteiger partial charge in [-0.3, -0.25) is 9.52 Å². The Morgan fingerprint density at radius 1 is 1.00 bits per heavy atom. The summed E-state index contributed by atoms with van der Waals surface area (Å²) in [6.45, 7) is 0.466. The molecule has 1 aromatic heterocycles. The minimum Gasteiger partial charge on any atom is -0.373 e. The van der Waals surface area contributed by atoms with Crippen LogP contribution in [0.1, 0.15) is 84.0 Å². The number of hydrogen-bond donors (Lipinski definition) is 1. The Morgan fingerprint density at radius 2 is 1.76 bits per heavy atom. The molecule has 0 radical (unpaired) electrons. The lowest BCUT2D eigenvalue weighted by Crippen LogP contribution is -2.24. The van der Waals surface area contributed by atoms with Crippen molar-refractivity contribution in [1.82, 2.24) is 9.88 Å². The first kappa shape index (κ1) is 25.0. The third-order valence-electron chi connectivity index (χ3n) is 8.64. The van der Waals surface area contributed by atoms with Crippen molar-refractivity contribution in [1.29, 1.82) is 0 Å². The fraction of sp³-hybridized carbons (Fsp3) is 0.467. The van der Waals surface area contributed by atoms with Crippen LogP contribution < -0.4 is 4.72 Å². The van der Waals surface area contributed by atoms with Crippen LogP contribution in [0.2, 0.25) is 10.0 Å². The minimum absolute atomic E-state index is 0.00612. The van der Waals surface area contributed by atoms with Crippen LogP contribution in [0.3, 0.4) is 0 Å². The molecule has 2 aromatic carbocycles. The molecule has 3 aromatic rings. The van der Waals surface area contributed by atoms with Crippen molar-refractivity contribution in [3.05, 3.63) is 75.0 Å². The molecule has 4 saturated carbocycles. The van der Waals surface area contributed by atoms with E-state index in [0.717, 1.165) is 48.1 Å². The summed E-state index contributed by atoms with van der Waals surface area (Å²) < 4.78 is 15.4. The molecular formula is C30H30Cl2N2O3S. The summed E-state index contributed by atoms with van der Waals surface area (Å²) in [7, 11) is 0. The average Bonchev–Trinajstić information content (AvgIpc) is 3.83. The number of nitrogens with one attached hydrogen (secondary N) is 1. The van der Waals surface area contributed by atoms with Gasteiger partial charge >= 0.3 is 0 Å². The Balaban J connectivity index is 1.01. The second kappa shape index (κ2) is 10.2. The van der Waals surface area contributed by atoms with Crippen molar-refractivity contribution in [3.8, 4) is 11.3 Å². The molecule has 1 amide bonds. The third-order valence-corrected chi connectivity index (χ3v) is 10.4. The first-order chi connectivity index (χ1) is 18.5. The van der Waals surface area contributed by atoms with Crippen molar-refractivity contribution in [2.75, 3.05) is 0 Å². The van der Waals surface area contributed by atoms with Gasteiger partial charge in [0.2, 0.25) is 0 Å². The van der Waals surface area contributed by atoms with Crippen molar-refractivity contribution in [3.63, 3.8) is 0 Å². The summed E-state index contributed by atoms with van der Waals surface area (Å²) in [6, 6.07) is 13.8. The molecule has 38 heavy (non-hydrogen) atoms. The van der Waals surface area contributed by atoms with Crippen molar-refractivity contribution < 1.29 is 14.1 Å². The Morgan fingerprint density at radius 3 is 2.42 bits per heavy atom. The van der Waals surface area contributed by atoms with Gasteiger partial charge in [-0.2, -0.15) is 0 Å². The predicted octanol–water partition coefficient (Wildman–Crippen LogP) is 8.17. The second-order valence-corrected chi connectivity index (χ2v) is 13.2. The molecule has 2 bridgehead atoms. The van der Waals surface area contributed by atoms with Crippen LogP contribution in [0.5, 0.6) is 0 Å². The van der Waals surface area contributed by atoms with Crippen LogP contribution in [-0.4, -0.2) is 22.4 Å². The number of amides is 1. The zero-order valence-electron chi connectivity index (χ0n) is 21.0. The van der Waals surface area contributed by atoms with Gasteiger partial charge in [-0.05, 0) is 104 Å². The molecule has 5 nitrogen and oxygen atoms in total. The largest absolute Gasteiger partial charge is 0.373 e. The summed E-state index contributed by atoms with van der Waals surface area (Å²) in [5.74, 6) is 3.03. The number of benzene rings is 2. The normalized spacial score (nSPS) is 26.2. The van der Waals surface area contributed by atoms with Crippen LogP contribution in [0, 0.1) is 11.8 Å². The SMILES string of the molecule is O=C(NSC1CC1)c1ccc(C2C[C@@H]3CC2C[C@H]3OCc2c(-c3c(Cl)cccc3Cl)noc2C2CC2)cc1. The number of rotatable bonds is 9. The summed E-state index contributed by atoms with van der Waals surface area (Å²) in [4.78, 5) is 12.4. The lowest BCUT2D eigenvalue weighted by Gasteiger charge is -2.28. The summed E-state index contributed by atoms with van der Waals surface area (Å²) in [6.07, 6.45) is 8.26. The van der Waals surface area contributed by atoms with Gasteiger partial charge < -0.3 is 9.26 Å². The molecular weight excluding hydrogens is 539 g/mol. The van der Waals surface area contributed by atoms with Crippen LogP contribution in [0.15, 0.2) is 47.0 Å². The Bertz CT molecular complexity index is 1330. The van der Waals surface area contributed by atoms with E-state index >= 15 is 0 Å². The molecule has 0 spiro atoms. The highest BCUT2D eigenvalue weighted by Crippen LogP contribution is 2.54. The molecule has 1 heterocycles. The lowest BCUT2D eigenvalue weighted by atomic mass is 9.82. The van der Waals surface area contributed by atoms with Gasteiger partial charge in [0, 0.05) is 27.9 Å². The fourth-order valence-corrected chi connectivity index (χ4v) is 7.68. The van der Waals surface area contributed by atoms with Gasteiger partial charge in [-0.25, -0.2) is 0 Å². The van der Waals surface area contributed by atoms with Gasteiger partial charge in [0.1, 0.15) is 11.5 Å². The van der Waals surface area contributed by atoms with E-state index in [1.807, 2.05) is 30.3 Å². The zero-order valence-corrected chi connectivity index (χ0v) is 23.3. The van der Waals surface area contributed by atoms with Gasteiger partial charge in [-0.15, -0.1) is 0 Å². The van der Waals surface area contributed by atoms with E-state index in [2.05, 4.69) is 22.0 Å². The van der Waals surface area contributed by atoms with E-state index in [-0.39, 0.29) is 12.0 Å². The van der Waals surface area contributed by atoms with Crippen molar-refractivity contribution in [2.45, 2.75) is 74.7 Å². The van der Waals surface area contributed by atoms with E-state index in [1.54, 1.807) is 11.9 Å². The molecule has 8 heteroatoms. The van der Waals surface area contributed by atoms with Gasteiger partial charge in [-0.1, -0.05) is 46.6 Å². The number of halogens is 2. The van der Waals surface area contributed by atoms with E-state index in [0.29, 0.717) is 51.3 Å². The smallest absolute Gasteiger partial charge is 0.261 e. The average molecular weight is 570 g/mol. The molecule has 4 atom stereocenters. The van der Waals surface area contributed by atoms with E-state index in [1.165, 1.54) is 24.8 Å². The number of fused-ring (bicyclic) bond motifs is 2. The van der Waals surface area contributed by atoms with Crippen LogP contribution in [0.4, 0.5) is 0 Å². The van der Waals surface area contributed by atoms with Crippen molar-refractivity contribution >= 4 is 41.1 Å². The number of carbonyl (C=O) groups excluding carboxylic acids is 1. The molecule has 4 aliphatic carbocycles. The molecule has 0 saturated heterocycles. The maximum atomic E-state index is 12.4. The molecule has 7 rings (SSSR count). The monoisotopic (exact) mass is 568 g/mol. The van der Waals surface area contributed by atoms with E-state index in [4.69, 9.17) is 32.5 Å². The third kappa shape index (κ3) is 4.90. The molecule has 2 unspecified atom stereocenters. The Labute approximate surface area is 237 Å². The lowest BCUT2D eigenvalue weighted by molar-refractivity contribution is 0.00180. The van der Waals surface area contributed by atoms with Crippen LogP contribution >= 0.6 is 35.1 Å². The van der Waals surface area contributed by atoms with Crippen LogP contribution in [-0.2, 0) is 11.3 Å². The maximum absolute atomic E-state index is 12.4. The van der Waals surface area contributed by atoms with E-state index < -0.39 is 0 Å². The number of aromatic nitrogens is 1. The highest BCUT2D eigenvalue weighted by molar-refractivity contribution is 7.98.